The van der Waals surface area contributed by atoms with Crippen molar-refractivity contribution in [2.45, 2.75) is 51.6 Å². The molecule has 1 aliphatic rings. The quantitative estimate of drug-likeness (QED) is 0.170. The number of hydrogen-bond donors (Lipinski definition) is 2. The van der Waals surface area contributed by atoms with Gasteiger partial charge in [-0.1, -0.05) is 67.6 Å². The van der Waals surface area contributed by atoms with Gasteiger partial charge in [0.25, 0.3) is 5.91 Å². The van der Waals surface area contributed by atoms with Crippen LogP contribution in [0.15, 0.2) is 78.9 Å². The van der Waals surface area contributed by atoms with Crippen LogP contribution in [0.1, 0.15) is 69.3 Å². The Kier molecular flexibility index (Phi) is 8.56. The molecular formula is C35H33N3O5S. The van der Waals surface area contributed by atoms with Crippen molar-refractivity contribution < 1.29 is 23.9 Å². The minimum atomic E-state index is -1.05. The highest BCUT2D eigenvalue weighted by atomic mass is 32.1. The van der Waals surface area contributed by atoms with Gasteiger partial charge in [0.2, 0.25) is 0 Å². The Morgan fingerprint density at radius 3 is 2.48 bits per heavy atom. The fraction of sp³-hybridized carbons (Fsp3) is 0.257. The van der Waals surface area contributed by atoms with Crippen molar-refractivity contribution in [3.63, 3.8) is 0 Å². The molecule has 0 saturated carbocycles. The van der Waals surface area contributed by atoms with Crippen LogP contribution in [-0.4, -0.2) is 40.5 Å². The van der Waals surface area contributed by atoms with E-state index >= 15 is 0 Å². The number of carbonyl (C=O) groups excluding carboxylic acids is 3. The molecule has 2 aromatic heterocycles. The van der Waals surface area contributed by atoms with E-state index in [2.05, 4.69) is 27.4 Å². The van der Waals surface area contributed by atoms with Crippen molar-refractivity contribution >= 4 is 45.2 Å². The zero-order chi connectivity index (χ0) is 30.6. The van der Waals surface area contributed by atoms with Gasteiger partial charge in [0.1, 0.15) is 10.8 Å². The van der Waals surface area contributed by atoms with Crippen LogP contribution < -0.4 is 5.32 Å². The summed E-state index contributed by atoms with van der Waals surface area (Å²) in [7, 11) is 0. The van der Waals surface area contributed by atoms with Gasteiger partial charge in [-0.3, -0.25) is 4.79 Å². The third-order valence-electron chi connectivity index (χ3n) is 7.93. The summed E-state index contributed by atoms with van der Waals surface area (Å²) in [5.41, 5.74) is 5.25. The molecule has 3 aromatic carbocycles. The number of imidazole rings is 1. The highest BCUT2D eigenvalue weighted by Crippen LogP contribution is 2.43. The van der Waals surface area contributed by atoms with E-state index in [4.69, 9.17) is 9.47 Å². The molecule has 0 aliphatic heterocycles. The predicted octanol–water partition coefficient (Wildman–Crippen LogP) is 7.31. The first kappa shape index (κ1) is 29.3. The highest BCUT2D eigenvalue weighted by molar-refractivity contribution is 7.17. The van der Waals surface area contributed by atoms with Crippen LogP contribution in [0.4, 0.5) is 5.00 Å². The van der Waals surface area contributed by atoms with Crippen LogP contribution in [-0.2, 0) is 27.1 Å². The largest absolute Gasteiger partial charge is 0.462 e. The zero-order valence-corrected chi connectivity index (χ0v) is 25.4. The molecule has 0 saturated heterocycles. The lowest BCUT2D eigenvalue weighted by Gasteiger charge is -2.23. The molecule has 1 aliphatic carbocycles. The van der Waals surface area contributed by atoms with Gasteiger partial charge >= 0.3 is 11.9 Å². The fourth-order valence-electron chi connectivity index (χ4n) is 5.68. The SMILES string of the molecule is CCOC(=O)c1c(NC(=O)C(CC)OC(=O)c2ccc3nc(-c4ccccc4)[nH]c3c2)sc2c1CCC(c1ccccc1)C2. The fourth-order valence-corrected chi connectivity index (χ4v) is 7.00. The van der Waals surface area contributed by atoms with E-state index in [0.717, 1.165) is 28.8 Å². The maximum Gasteiger partial charge on any atom is 0.341 e. The summed E-state index contributed by atoms with van der Waals surface area (Å²) in [6.07, 6.45) is 1.60. The van der Waals surface area contributed by atoms with E-state index in [1.807, 2.05) is 48.5 Å². The lowest BCUT2D eigenvalue weighted by atomic mass is 9.83. The number of benzene rings is 3. The van der Waals surface area contributed by atoms with Crippen LogP contribution in [0.25, 0.3) is 22.4 Å². The van der Waals surface area contributed by atoms with Gasteiger partial charge in [0.15, 0.2) is 6.10 Å². The number of aromatic amines is 1. The van der Waals surface area contributed by atoms with Crippen molar-refractivity contribution in [1.82, 2.24) is 9.97 Å². The van der Waals surface area contributed by atoms with Crippen LogP contribution >= 0.6 is 11.3 Å². The second kappa shape index (κ2) is 12.9. The second-order valence-corrected chi connectivity index (χ2v) is 11.9. The van der Waals surface area contributed by atoms with Crippen molar-refractivity contribution in [2.75, 3.05) is 11.9 Å². The van der Waals surface area contributed by atoms with Gasteiger partial charge in [0.05, 0.1) is 28.8 Å². The maximum absolute atomic E-state index is 13.5. The summed E-state index contributed by atoms with van der Waals surface area (Å²) in [5, 5.41) is 3.34. The summed E-state index contributed by atoms with van der Waals surface area (Å²) in [6.45, 7) is 3.76. The molecule has 0 radical (unpaired) electrons. The molecule has 224 valence electrons. The number of anilines is 1. The Bertz CT molecular complexity index is 1810. The molecule has 1 amide bonds. The van der Waals surface area contributed by atoms with E-state index in [1.54, 1.807) is 32.0 Å². The average Bonchev–Trinajstić information content (AvgIpc) is 3.65. The summed E-state index contributed by atoms with van der Waals surface area (Å²) in [4.78, 5) is 48.6. The lowest BCUT2D eigenvalue weighted by Crippen LogP contribution is -2.32. The minimum absolute atomic E-state index is 0.228. The van der Waals surface area contributed by atoms with Gasteiger partial charge in [0, 0.05) is 10.4 Å². The van der Waals surface area contributed by atoms with Crippen LogP contribution in [0.2, 0.25) is 0 Å². The number of amides is 1. The van der Waals surface area contributed by atoms with E-state index < -0.39 is 23.9 Å². The van der Waals surface area contributed by atoms with Crippen molar-refractivity contribution in [1.29, 1.82) is 0 Å². The molecule has 5 aromatic rings. The molecule has 2 unspecified atom stereocenters. The smallest absolute Gasteiger partial charge is 0.341 e. The zero-order valence-electron chi connectivity index (χ0n) is 24.6. The number of carbonyl (C=O) groups is 3. The minimum Gasteiger partial charge on any atom is -0.462 e. The molecule has 0 fully saturated rings. The van der Waals surface area contributed by atoms with Crippen molar-refractivity contribution in [2.24, 2.45) is 0 Å². The van der Waals surface area contributed by atoms with Gasteiger partial charge in [-0.15, -0.1) is 11.3 Å². The molecule has 2 N–H and O–H groups in total. The summed E-state index contributed by atoms with van der Waals surface area (Å²) >= 11 is 1.40. The van der Waals surface area contributed by atoms with Gasteiger partial charge in [-0.05, 0) is 67.9 Å². The third kappa shape index (κ3) is 6.01. The molecular weight excluding hydrogens is 574 g/mol. The van der Waals surface area contributed by atoms with Crippen LogP contribution in [0.3, 0.4) is 0 Å². The topological polar surface area (TPSA) is 110 Å². The number of ether oxygens (including phenoxy) is 2. The van der Waals surface area contributed by atoms with E-state index in [9.17, 15) is 14.4 Å². The molecule has 0 bridgehead atoms. The molecule has 2 heterocycles. The van der Waals surface area contributed by atoms with E-state index in [-0.39, 0.29) is 13.0 Å². The first-order valence-electron chi connectivity index (χ1n) is 14.9. The number of rotatable bonds is 9. The number of esters is 2. The Hall–Kier alpha value is -4.76. The van der Waals surface area contributed by atoms with Crippen LogP contribution in [0.5, 0.6) is 0 Å². The number of nitrogens with one attached hydrogen (secondary N) is 2. The van der Waals surface area contributed by atoms with Gasteiger partial charge < -0.3 is 19.8 Å². The summed E-state index contributed by atoms with van der Waals surface area (Å²) in [6, 6.07) is 25.1. The van der Waals surface area contributed by atoms with E-state index in [0.29, 0.717) is 45.3 Å². The highest BCUT2D eigenvalue weighted by Gasteiger charge is 2.32. The second-order valence-electron chi connectivity index (χ2n) is 10.8. The van der Waals surface area contributed by atoms with Gasteiger partial charge in [-0.2, -0.15) is 0 Å². The first-order chi connectivity index (χ1) is 21.4. The maximum atomic E-state index is 13.5. The van der Waals surface area contributed by atoms with Gasteiger partial charge in [-0.25, -0.2) is 14.6 Å². The Balaban J connectivity index is 1.19. The number of aromatic nitrogens is 2. The monoisotopic (exact) mass is 607 g/mol. The number of nitrogens with zero attached hydrogens (tertiary/aromatic N) is 1. The normalized spacial score (nSPS) is 14.9. The molecule has 8 nitrogen and oxygen atoms in total. The Labute approximate surface area is 259 Å². The molecule has 6 rings (SSSR count). The summed E-state index contributed by atoms with van der Waals surface area (Å²) < 4.78 is 11.1. The molecule has 0 spiro atoms. The lowest BCUT2D eigenvalue weighted by molar-refractivity contribution is -0.124. The Morgan fingerprint density at radius 1 is 1.00 bits per heavy atom. The third-order valence-corrected chi connectivity index (χ3v) is 9.10. The average molecular weight is 608 g/mol. The van der Waals surface area contributed by atoms with E-state index in [1.165, 1.54) is 16.9 Å². The molecule has 9 heteroatoms. The summed E-state index contributed by atoms with van der Waals surface area (Å²) in [5.74, 6) is -0.527. The standard InChI is InChI=1S/C35H33N3O5S/c1-3-28(43-34(40)24-16-18-26-27(19-24)37-31(36-26)22-13-9-6-10-14-22)32(39)38-33-30(35(41)42-4-2)25-17-15-23(20-29(25)44-33)21-11-7-5-8-12-21/h5-14,16,18-19,23,28H,3-4,15,17,20H2,1-2H3,(H,36,37)(H,38,39). The number of H-pyrrole nitrogens is 1. The predicted molar refractivity (Wildman–Crippen MR) is 171 cm³/mol. The first-order valence-corrected chi connectivity index (χ1v) is 15.7. The molecule has 44 heavy (non-hydrogen) atoms. The van der Waals surface area contributed by atoms with Crippen LogP contribution in [0, 0.1) is 0 Å². The number of fused-ring (bicyclic) bond motifs is 2. The van der Waals surface area contributed by atoms with Crippen molar-refractivity contribution in [3.05, 3.63) is 106 Å². The number of hydrogen-bond acceptors (Lipinski definition) is 7. The Morgan fingerprint density at radius 2 is 1.75 bits per heavy atom. The number of thiophene rings is 1. The van der Waals surface area contributed by atoms with Crippen molar-refractivity contribution in [3.8, 4) is 11.4 Å². The molecule has 2 atom stereocenters.